The van der Waals surface area contributed by atoms with Crippen molar-refractivity contribution < 1.29 is 9.90 Å². The molecule has 0 bridgehead atoms. The van der Waals surface area contributed by atoms with E-state index >= 15 is 0 Å². The zero-order valence-electron chi connectivity index (χ0n) is 10.6. The monoisotopic (exact) mass is 314 g/mol. The quantitative estimate of drug-likeness (QED) is 0.929. The number of carboxylic acids is 1. The Morgan fingerprint density at radius 3 is 2.72 bits per heavy atom. The normalized spacial score (nSPS) is 18.8. The van der Waals surface area contributed by atoms with Gasteiger partial charge in [-0.1, -0.05) is 6.42 Å². The van der Waals surface area contributed by atoms with Crippen LogP contribution in [0.1, 0.15) is 36.7 Å². The molecule has 4 nitrogen and oxygen atoms in total. The Bertz CT molecular complexity index is 425. The van der Waals surface area contributed by atoms with Crippen molar-refractivity contribution in [3.05, 3.63) is 22.4 Å². The molecule has 1 aromatic rings. The predicted octanol–water partition coefficient (Wildman–Crippen LogP) is 2.82. The maximum absolute atomic E-state index is 11.1. The minimum absolute atomic E-state index is 0.353. The number of likely N-dealkylation sites (tertiary alicyclic amines) is 1. The number of hydrogen-bond donors (Lipinski definition) is 1. The van der Waals surface area contributed by atoms with Crippen LogP contribution in [0.5, 0.6) is 0 Å². The van der Waals surface area contributed by atoms with Crippen molar-refractivity contribution in [2.24, 2.45) is 0 Å². The van der Waals surface area contributed by atoms with Crippen molar-refractivity contribution >= 4 is 21.9 Å². The Morgan fingerprint density at radius 2 is 2.11 bits per heavy atom. The third-order valence-electron chi connectivity index (χ3n) is 3.56. The highest BCUT2D eigenvalue weighted by Crippen LogP contribution is 2.18. The van der Waals surface area contributed by atoms with Gasteiger partial charge < -0.3 is 9.67 Å². The molecule has 1 aliphatic heterocycles. The van der Waals surface area contributed by atoms with Crippen molar-refractivity contribution in [2.75, 3.05) is 13.1 Å². The number of nitrogens with zero attached hydrogens (tertiary/aromatic N) is 2. The van der Waals surface area contributed by atoms with Crippen LogP contribution in [-0.4, -0.2) is 39.7 Å². The SMILES string of the molecule is CC(Cn1cc(Br)cc1C(=O)O)N1CCCCC1. The van der Waals surface area contributed by atoms with Gasteiger partial charge in [-0.3, -0.25) is 4.90 Å². The molecular formula is C13H19BrN2O2. The molecule has 0 aromatic carbocycles. The molecule has 1 N–H and O–H groups in total. The summed E-state index contributed by atoms with van der Waals surface area (Å²) >= 11 is 3.34. The number of halogens is 1. The zero-order chi connectivity index (χ0) is 13.1. The molecule has 1 aliphatic rings. The van der Waals surface area contributed by atoms with Crippen LogP contribution in [0.2, 0.25) is 0 Å². The average molecular weight is 315 g/mol. The molecule has 1 saturated heterocycles. The van der Waals surface area contributed by atoms with E-state index in [1.807, 2.05) is 10.8 Å². The zero-order valence-corrected chi connectivity index (χ0v) is 12.2. The summed E-state index contributed by atoms with van der Waals surface area (Å²) < 4.78 is 2.65. The highest BCUT2D eigenvalue weighted by molar-refractivity contribution is 9.10. The summed E-state index contributed by atoms with van der Waals surface area (Å²) in [6.45, 7) is 5.16. The molecule has 18 heavy (non-hydrogen) atoms. The fourth-order valence-electron chi connectivity index (χ4n) is 2.56. The molecule has 0 radical (unpaired) electrons. The van der Waals surface area contributed by atoms with Crippen LogP contribution in [0.3, 0.4) is 0 Å². The van der Waals surface area contributed by atoms with Gasteiger partial charge >= 0.3 is 5.97 Å². The van der Waals surface area contributed by atoms with E-state index in [4.69, 9.17) is 5.11 Å². The van der Waals surface area contributed by atoms with Gasteiger partial charge in [0.25, 0.3) is 0 Å². The van der Waals surface area contributed by atoms with Gasteiger partial charge in [-0.05, 0) is 54.9 Å². The molecule has 0 spiro atoms. The maximum Gasteiger partial charge on any atom is 0.352 e. The van der Waals surface area contributed by atoms with E-state index in [1.165, 1.54) is 19.3 Å². The van der Waals surface area contributed by atoms with Crippen LogP contribution in [0.25, 0.3) is 0 Å². The van der Waals surface area contributed by atoms with Crippen LogP contribution in [-0.2, 0) is 6.54 Å². The topological polar surface area (TPSA) is 45.5 Å². The van der Waals surface area contributed by atoms with Gasteiger partial charge in [-0.25, -0.2) is 4.79 Å². The third kappa shape index (κ3) is 3.14. The van der Waals surface area contributed by atoms with Crippen LogP contribution in [0, 0.1) is 0 Å². The highest BCUT2D eigenvalue weighted by atomic mass is 79.9. The van der Waals surface area contributed by atoms with Crippen LogP contribution >= 0.6 is 15.9 Å². The first-order valence-electron chi connectivity index (χ1n) is 6.41. The molecule has 2 rings (SSSR count). The first kappa shape index (κ1) is 13.6. The molecule has 2 heterocycles. The molecule has 0 saturated carbocycles. The van der Waals surface area contributed by atoms with Crippen LogP contribution in [0.15, 0.2) is 16.7 Å². The Kier molecular flexibility index (Phi) is 4.45. The second-order valence-corrected chi connectivity index (χ2v) is 5.86. The molecule has 5 heteroatoms. The van der Waals surface area contributed by atoms with Crippen molar-refractivity contribution in [1.82, 2.24) is 9.47 Å². The molecule has 1 aromatic heterocycles. The number of aromatic nitrogens is 1. The number of carbonyl (C=O) groups is 1. The standard InChI is InChI=1S/C13H19BrN2O2/c1-10(15-5-3-2-4-6-15)8-16-9-11(14)7-12(16)13(17)18/h7,9-10H,2-6,8H2,1H3,(H,17,18). The summed E-state index contributed by atoms with van der Waals surface area (Å²) in [5.74, 6) is -0.869. The van der Waals surface area contributed by atoms with Gasteiger partial charge in [0.05, 0.1) is 0 Å². The van der Waals surface area contributed by atoms with E-state index in [-0.39, 0.29) is 0 Å². The molecule has 0 amide bonds. The first-order chi connectivity index (χ1) is 8.58. The van der Waals surface area contributed by atoms with Gasteiger partial charge in [0, 0.05) is 23.3 Å². The Hall–Kier alpha value is -0.810. The van der Waals surface area contributed by atoms with E-state index in [0.29, 0.717) is 11.7 Å². The van der Waals surface area contributed by atoms with Crippen molar-refractivity contribution in [2.45, 2.75) is 38.8 Å². The third-order valence-corrected chi connectivity index (χ3v) is 3.99. The summed E-state index contributed by atoms with van der Waals surface area (Å²) in [4.78, 5) is 13.6. The minimum Gasteiger partial charge on any atom is -0.477 e. The van der Waals surface area contributed by atoms with Crippen molar-refractivity contribution in [1.29, 1.82) is 0 Å². The first-order valence-corrected chi connectivity index (χ1v) is 7.20. The van der Waals surface area contributed by atoms with Gasteiger partial charge in [-0.2, -0.15) is 0 Å². The Labute approximate surface area is 116 Å². The average Bonchev–Trinajstić information content (AvgIpc) is 2.71. The largest absolute Gasteiger partial charge is 0.477 e. The highest BCUT2D eigenvalue weighted by Gasteiger charge is 2.19. The molecule has 1 atom stereocenters. The Morgan fingerprint density at radius 1 is 1.44 bits per heavy atom. The van der Waals surface area contributed by atoms with Crippen molar-refractivity contribution in [3.63, 3.8) is 0 Å². The van der Waals surface area contributed by atoms with E-state index in [2.05, 4.69) is 27.8 Å². The van der Waals surface area contributed by atoms with Crippen LogP contribution in [0.4, 0.5) is 0 Å². The summed E-state index contributed by atoms with van der Waals surface area (Å²) in [7, 11) is 0. The summed E-state index contributed by atoms with van der Waals surface area (Å²) in [5.41, 5.74) is 0.353. The van der Waals surface area contributed by atoms with E-state index in [9.17, 15) is 4.79 Å². The smallest absolute Gasteiger partial charge is 0.352 e. The lowest BCUT2D eigenvalue weighted by molar-refractivity contribution is 0.0681. The second kappa shape index (κ2) is 5.89. The summed E-state index contributed by atoms with van der Waals surface area (Å²) in [6, 6.07) is 2.04. The van der Waals surface area contributed by atoms with E-state index in [1.54, 1.807) is 6.07 Å². The van der Waals surface area contributed by atoms with E-state index < -0.39 is 5.97 Å². The van der Waals surface area contributed by atoms with Gasteiger partial charge in [0.2, 0.25) is 0 Å². The maximum atomic E-state index is 11.1. The number of carboxylic acid groups (broad SMARTS) is 1. The van der Waals surface area contributed by atoms with E-state index in [0.717, 1.165) is 24.1 Å². The van der Waals surface area contributed by atoms with Crippen molar-refractivity contribution in [3.8, 4) is 0 Å². The van der Waals surface area contributed by atoms with Crippen LogP contribution < -0.4 is 0 Å². The molecule has 1 fully saturated rings. The van der Waals surface area contributed by atoms with Gasteiger partial charge in [0.15, 0.2) is 0 Å². The lowest BCUT2D eigenvalue weighted by Crippen LogP contribution is -2.40. The molecule has 1 unspecified atom stereocenters. The lowest BCUT2D eigenvalue weighted by Gasteiger charge is -2.32. The fraction of sp³-hybridized carbons (Fsp3) is 0.615. The molecule has 0 aliphatic carbocycles. The number of rotatable bonds is 4. The number of piperidine rings is 1. The lowest BCUT2D eigenvalue weighted by atomic mass is 10.1. The Balaban J connectivity index is 2.05. The molecular weight excluding hydrogens is 296 g/mol. The molecule has 100 valence electrons. The van der Waals surface area contributed by atoms with Gasteiger partial charge in [-0.15, -0.1) is 0 Å². The number of hydrogen-bond acceptors (Lipinski definition) is 2. The van der Waals surface area contributed by atoms with Gasteiger partial charge in [0.1, 0.15) is 5.69 Å². The predicted molar refractivity (Wildman–Crippen MR) is 74.0 cm³/mol. The number of aromatic carboxylic acids is 1. The summed E-state index contributed by atoms with van der Waals surface area (Å²) in [5, 5.41) is 9.15. The summed E-state index contributed by atoms with van der Waals surface area (Å²) in [6.07, 6.45) is 5.68. The minimum atomic E-state index is -0.869. The second-order valence-electron chi connectivity index (χ2n) is 4.95. The fourth-order valence-corrected chi connectivity index (χ4v) is 3.03.